The molecule has 1 saturated heterocycles. The van der Waals surface area contributed by atoms with Gasteiger partial charge in [0.2, 0.25) is 5.91 Å². The van der Waals surface area contributed by atoms with Gasteiger partial charge >= 0.3 is 5.97 Å². The van der Waals surface area contributed by atoms with Crippen molar-refractivity contribution in [1.29, 1.82) is 0 Å². The van der Waals surface area contributed by atoms with Crippen LogP contribution in [0.1, 0.15) is 37.3 Å². The van der Waals surface area contributed by atoms with Gasteiger partial charge in [-0.25, -0.2) is 0 Å². The molecule has 0 saturated carbocycles. The average Bonchev–Trinajstić information content (AvgIpc) is 2.61. The monoisotopic (exact) mass is 360 g/mol. The lowest BCUT2D eigenvalue weighted by Crippen LogP contribution is -2.44. The summed E-state index contributed by atoms with van der Waals surface area (Å²) in [5.41, 5.74) is 2.69. The van der Waals surface area contributed by atoms with E-state index in [1.807, 2.05) is 16.8 Å². The van der Waals surface area contributed by atoms with Crippen LogP contribution in [0, 0.1) is 18.8 Å². The van der Waals surface area contributed by atoms with E-state index in [4.69, 9.17) is 5.11 Å². The molecule has 1 N–H and O–H groups in total. The van der Waals surface area contributed by atoms with Crippen LogP contribution in [0.3, 0.4) is 0 Å². The molecule has 1 aromatic carbocycles. The number of carboxylic acids is 1. The largest absolute Gasteiger partial charge is 0.481 e. The van der Waals surface area contributed by atoms with Crippen molar-refractivity contribution in [1.82, 2.24) is 9.80 Å². The van der Waals surface area contributed by atoms with Crippen molar-refractivity contribution >= 4 is 11.9 Å². The number of aliphatic carboxylic acids is 1. The number of nitrogens with zero attached hydrogens (tertiary/aromatic N) is 2. The molecule has 1 atom stereocenters. The molecule has 1 aromatic rings. The Labute approximate surface area is 157 Å². The Bertz CT molecular complexity index is 592. The summed E-state index contributed by atoms with van der Waals surface area (Å²) in [6.07, 6.45) is 4.41. The SMILES string of the molecule is Cc1ccc(CCC2CCN(C(=O)CN(C)CC(C)C(=O)O)CC2)cc1. The number of benzene rings is 1. The van der Waals surface area contributed by atoms with E-state index >= 15 is 0 Å². The first-order valence-corrected chi connectivity index (χ1v) is 9.60. The van der Waals surface area contributed by atoms with E-state index < -0.39 is 11.9 Å². The number of hydrogen-bond donors (Lipinski definition) is 1. The minimum atomic E-state index is -0.821. The number of amides is 1. The molecule has 1 amide bonds. The molecule has 5 heteroatoms. The van der Waals surface area contributed by atoms with Gasteiger partial charge in [-0.05, 0) is 51.1 Å². The fraction of sp³-hybridized carbons (Fsp3) is 0.619. The maximum atomic E-state index is 12.4. The Morgan fingerprint density at radius 2 is 1.85 bits per heavy atom. The van der Waals surface area contributed by atoms with Crippen molar-refractivity contribution in [2.24, 2.45) is 11.8 Å². The predicted octanol–water partition coefficient (Wildman–Crippen LogP) is 2.82. The van der Waals surface area contributed by atoms with Gasteiger partial charge < -0.3 is 10.0 Å². The van der Waals surface area contributed by atoms with Crippen molar-refractivity contribution in [2.75, 3.05) is 33.2 Å². The van der Waals surface area contributed by atoms with Gasteiger partial charge in [0.1, 0.15) is 0 Å². The molecule has 1 fully saturated rings. The maximum Gasteiger partial charge on any atom is 0.307 e. The minimum Gasteiger partial charge on any atom is -0.481 e. The zero-order chi connectivity index (χ0) is 19.1. The van der Waals surface area contributed by atoms with E-state index in [0.717, 1.165) is 32.4 Å². The second-order valence-corrected chi connectivity index (χ2v) is 7.78. The molecular formula is C21H32N2O3. The smallest absolute Gasteiger partial charge is 0.307 e. The number of likely N-dealkylation sites (N-methyl/N-ethyl adjacent to an activating group) is 1. The summed E-state index contributed by atoms with van der Waals surface area (Å²) in [4.78, 5) is 27.1. The number of carbonyl (C=O) groups excluding carboxylic acids is 1. The van der Waals surface area contributed by atoms with Crippen LogP contribution < -0.4 is 0 Å². The van der Waals surface area contributed by atoms with E-state index in [1.54, 1.807) is 6.92 Å². The van der Waals surface area contributed by atoms with Gasteiger partial charge in [-0.3, -0.25) is 14.5 Å². The number of carboxylic acid groups (broad SMARTS) is 1. The third kappa shape index (κ3) is 6.45. The third-order valence-electron chi connectivity index (χ3n) is 5.34. The highest BCUT2D eigenvalue weighted by molar-refractivity contribution is 5.78. The van der Waals surface area contributed by atoms with Crippen LogP contribution in [-0.4, -0.2) is 60.0 Å². The van der Waals surface area contributed by atoms with Crippen molar-refractivity contribution in [3.63, 3.8) is 0 Å². The topological polar surface area (TPSA) is 60.9 Å². The Balaban J connectivity index is 1.69. The summed E-state index contributed by atoms with van der Waals surface area (Å²) in [6.45, 7) is 6.11. The van der Waals surface area contributed by atoms with Crippen LogP contribution in [0.25, 0.3) is 0 Å². The minimum absolute atomic E-state index is 0.113. The Kier molecular flexibility index (Phi) is 7.64. The number of rotatable bonds is 8. The quantitative estimate of drug-likeness (QED) is 0.774. The van der Waals surface area contributed by atoms with Crippen LogP contribution in [-0.2, 0) is 16.0 Å². The zero-order valence-electron chi connectivity index (χ0n) is 16.3. The third-order valence-corrected chi connectivity index (χ3v) is 5.34. The highest BCUT2D eigenvalue weighted by Crippen LogP contribution is 2.22. The fourth-order valence-corrected chi connectivity index (χ4v) is 3.54. The summed E-state index contributed by atoms with van der Waals surface area (Å²) in [6, 6.07) is 8.75. The first-order valence-electron chi connectivity index (χ1n) is 9.60. The first kappa shape index (κ1) is 20.4. The summed E-state index contributed by atoms with van der Waals surface area (Å²) >= 11 is 0. The molecule has 1 heterocycles. The molecule has 1 aliphatic rings. The standard InChI is InChI=1S/C21H32N2O3/c1-16-4-6-18(7-5-16)8-9-19-10-12-23(13-11-19)20(24)15-22(3)14-17(2)21(25)26/h4-7,17,19H,8-15H2,1-3H3,(H,25,26). The molecule has 0 aliphatic carbocycles. The molecule has 1 aliphatic heterocycles. The fourth-order valence-electron chi connectivity index (χ4n) is 3.54. The number of piperidine rings is 1. The maximum absolute atomic E-state index is 12.4. The number of likely N-dealkylation sites (tertiary alicyclic amines) is 1. The summed E-state index contributed by atoms with van der Waals surface area (Å²) in [7, 11) is 1.81. The Morgan fingerprint density at radius 3 is 2.42 bits per heavy atom. The molecule has 0 spiro atoms. The van der Waals surface area contributed by atoms with Crippen molar-refractivity contribution in [3.05, 3.63) is 35.4 Å². The van der Waals surface area contributed by atoms with Gasteiger partial charge in [0, 0.05) is 19.6 Å². The van der Waals surface area contributed by atoms with Gasteiger partial charge in [0.05, 0.1) is 12.5 Å². The van der Waals surface area contributed by atoms with Crippen molar-refractivity contribution < 1.29 is 14.7 Å². The Hall–Kier alpha value is -1.88. The lowest BCUT2D eigenvalue weighted by Gasteiger charge is -2.33. The normalized spacial score (nSPS) is 16.7. The molecule has 0 bridgehead atoms. The van der Waals surface area contributed by atoms with Crippen LogP contribution in [0.2, 0.25) is 0 Å². The van der Waals surface area contributed by atoms with E-state index in [9.17, 15) is 9.59 Å². The molecule has 2 rings (SSSR count). The predicted molar refractivity (Wildman–Crippen MR) is 103 cm³/mol. The molecular weight excluding hydrogens is 328 g/mol. The van der Waals surface area contributed by atoms with Gasteiger partial charge in [0.15, 0.2) is 0 Å². The second kappa shape index (κ2) is 9.72. The molecule has 144 valence electrons. The summed E-state index contributed by atoms with van der Waals surface area (Å²) in [5, 5.41) is 8.97. The van der Waals surface area contributed by atoms with Crippen LogP contribution in [0.4, 0.5) is 0 Å². The van der Waals surface area contributed by atoms with Gasteiger partial charge in [-0.2, -0.15) is 0 Å². The first-order chi connectivity index (χ1) is 12.3. The number of hydrogen-bond acceptors (Lipinski definition) is 3. The number of carbonyl (C=O) groups is 2. The molecule has 1 unspecified atom stereocenters. The lowest BCUT2D eigenvalue weighted by molar-refractivity contribution is -0.142. The van der Waals surface area contributed by atoms with Crippen molar-refractivity contribution in [2.45, 2.75) is 39.5 Å². The zero-order valence-corrected chi connectivity index (χ0v) is 16.3. The van der Waals surface area contributed by atoms with Crippen LogP contribution in [0.15, 0.2) is 24.3 Å². The highest BCUT2D eigenvalue weighted by Gasteiger charge is 2.24. The highest BCUT2D eigenvalue weighted by atomic mass is 16.4. The summed E-state index contributed by atoms with van der Waals surface area (Å²) in [5.74, 6) is -0.480. The average molecular weight is 360 g/mol. The van der Waals surface area contributed by atoms with E-state index in [1.165, 1.54) is 17.5 Å². The van der Waals surface area contributed by atoms with E-state index in [2.05, 4.69) is 31.2 Å². The summed E-state index contributed by atoms with van der Waals surface area (Å²) < 4.78 is 0. The number of aryl methyl sites for hydroxylation is 2. The Morgan fingerprint density at radius 1 is 1.23 bits per heavy atom. The molecule has 0 aromatic heterocycles. The van der Waals surface area contributed by atoms with Crippen LogP contribution in [0.5, 0.6) is 0 Å². The molecule has 26 heavy (non-hydrogen) atoms. The molecule has 5 nitrogen and oxygen atoms in total. The molecule has 0 radical (unpaired) electrons. The van der Waals surface area contributed by atoms with Gasteiger partial charge in [0.25, 0.3) is 0 Å². The second-order valence-electron chi connectivity index (χ2n) is 7.78. The van der Waals surface area contributed by atoms with Crippen LogP contribution >= 0.6 is 0 Å². The van der Waals surface area contributed by atoms with Gasteiger partial charge in [-0.15, -0.1) is 0 Å². The van der Waals surface area contributed by atoms with E-state index in [0.29, 0.717) is 19.0 Å². The van der Waals surface area contributed by atoms with Crippen molar-refractivity contribution in [3.8, 4) is 0 Å². The lowest BCUT2D eigenvalue weighted by atomic mass is 9.90. The van der Waals surface area contributed by atoms with E-state index in [-0.39, 0.29) is 5.91 Å². The van der Waals surface area contributed by atoms with Gasteiger partial charge in [-0.1, -0.05) is 36.8 Å².